The highest BCUT2D eigenvalue weighted by Crippen LogP contribution is 2.34. The number of halogens is 5. The first-order valence-corrected chi connectivity index (χ1v) is 9.98. The molecule has 0 aromatic carbocycles. The Morgan fingerprint density at radius 1 is 1.29 bits per heavy atom. The van der Waals surface area contributed by atoms with Crippen LogP contribution in [0.15, 0.2) is 0 Å². The SMILES string of the molecule is CCc1nc2c(c(C(F)(F)F)n1)CCN(C(=O)C[C@H](N)CN1CC(F)(F)CCN1O)C2. The Hall–Kier alpha value is -1.96. The number of carbonyl (C=O) groups excluding carboxylic acids is 1. The molecule has 0 radical (unpaired) electrons. The van der Waals surface area contributed by atoms with Crippen molar-refractivity contribution in [2.45, 2.75) is 57.3 Å². The molecule has 3 N–H and O–H groups in total. The van der Waals surface area contributed by atoms with E-state index in [2.05, 4.69) is 9.97 Å². The second-order valence-electron chi connectivity index (χ2n) is 7.84. The Bertz CT molecular complexity index is 821. The minimum absolute atomic E-state index is 0.00970. The molecule has 1 aromatic rings. The first-order valence-electron chi connectivity index (χ1n) is 9.98. The number of hydrazine groups is 1. The molecular weight excluding hydrogens is 427 g/mol. The second kappa shape index (κ2) is 8.88. The highest BCUT2D eigenvalue weighted by molar-refractivity contribution is 5.77. The Morgan fingerprint density at radius 2 is 2.00 bits per heavy atom. The summed E-state index contributed by atoms with van der Waals surface area (Å²) in [6.07, 6.45) is -5.13. The van der Waals surface area contributed by atoms with E-state index in [-0.39, 0.29) is 62.5 Å². The van der Waals surface area contributed by atoms with Gasteiger partial charge in [-0.15, -0.1) is 5.17 Å². The maximum atomic E-state index is 13.6. The lowest BCUT2D eigenvalue weighted by molar-refractivity contribution is -0.295. The number of nitrogens with two attached hydrogens (primary N) is 1. The summed E-state index contributed by atoms with van der Waals surface area (Å²) in [6, 6.07) is -0.847. The van der Waals surface area contributed by atoms with Crippen LogP contribution >= 0.6 is 0 Å². The van der Waals surface area contributed by atoms with E-state index in [0.29, 0.717) is 5.17 Å². The normalized spacial score (nSPS) is 21.1. The van der Waals surface area contributed by atoms with Gasteiger partial charge in [-0.05, 0) is 6.42 Å². The van der Waals surface area contributed by atoms with E-state index in [1.54, 1.807) is 6.92 Å². The van der Waals surface area contributed by atoms with Crippen molar-refractivity contribution in [1.29, 1.82) is 0 Å². The molecule has 0 saturated carbocycles. The number of rotatable bonds is 5. The third-order valence-corrected chi connectivity index (χ3v) is 5.35. The van der Waals surface area contributed by atoms with Gasteiger partial charge in [0.05, 0.1) is 18.8 Å². The number of carbonyl (C=O) groups is 1. The fourth-order valence-electron chi connectivity index (χ4n) is 3.77. The zero-order valence-electron chi connectivity index (χ0n) is 17.0. The number of aryl methyl sites for hydroxylation is 1. The lowest BCUT2D eigenvalue weighted by Gasteiger charge is -2.39. The number of alkyl halides is 5. The van der Waals surface area contributed by atoms with Gasteiger partial charge in [0.2, 0.25) is 5.91 Å². The van der Waals surface area contributed by atoms with Gasteiger partial charge in [-0.25, -0.2) is 23.8 Å². The quantitative estimate of drug-likeness (QED) is 0.655. The van der Waals surface area contributed by atoms with Crippen LogP contribution < -0.4 is 5.73 Å². The summed E-state index contributed by atoms with van der Waals surface area (Å²) in [4.78, 5) is 21.8. The molecule has 3 rings (SSSR count). The average molecular weight is 452 g/mol. The van der Waals surface area contributed by atoms with Crippen LogP contribution in [-0.4, -0.2) is 74.3 Å². The first-order chi connectivity index (χ1) is 14.4. The van der Waals surface area contributed by atoms with Crippen LogP contribution in [0.3, 0.4) is 0 Å². The summed E-state index contributed by atoms with van der Waals surface area (Å²) >= 11 is 0. The number of aromatic nitrogens is 2. The number of nitrogens with zero attached hydrogens (tertiary/aromatic N) is 5. The molecule has 0 unspecified atom stereocenters. The van der Waals surface area contributed by atoms with Gasteiger partial charge >= 0.3 is 6.18 Å². The number of amides is 1. The Balaban J connectivity index is 1.65. The third-order valence-electron chi connectivity index (χ3n) is 5.35. The number of hydrogen-bond acceptors (Lipinski definition) is 7. The topological polar surface area (TPSA) is 98.8 Å². The van der Waals surface area contributed by atoms with Crippen molar-refractivity contribution < 1.29 is 32.0 Å². The molecule has 3 heterocycles. The smallest absolute Gasteiger partial charge is 0.336 e. The first kappa shape index (κ1) is 23.7. The standard InChI is InChI=1S/C18H25F5N6O2/c1-2-14-25-13-9-27(5-3-12(13)16(26-14)18(21,22)23)15(30)7-11(24)8-28-10-17(19,20)4-6-29(28)31/h11,31H,2-10,24H2,1H3/t11-/m0/s1. The Morgan fingerprint density at radius 3 is 2.65 bits per heavy atom. The Kier molecular flexibility index (Phi) is 6.79. The van der Waals surface area contributed by atoms with Gasteiger partial charge in [0.25, 0.3) is 5.92 Å². The third kappa shape index (κ3) is 5.64. The molecule has 1 aromatic heterocycles. The molecule has 1 saturated heterocycles. The lowest BCUT2D eigenvalue weighted by Crippen LogP contribution is -2.56. The maximum Gasteiger partial charge on any atom is 0.433 e. The molecule has 0 bridgehead atoms. The molecule has 8 nitrogen and oxygen atoms in total. The van der Waals surface area contributed by atoms with Gasteiger partial charge < -0.3 is 10.6 Å². The summed E-state index contributed by atoms with van der Waals surface area (Å²) in [6.45, 7) is 0.457. The van der Waals surface area contributed by atoms with E-state index in [1.807, 2.05) is 0 Å². The molecule has 13 heteroatoms. The van der Waals surface area contributed by atoms with Gasteiger partial charge in [-0.2, -0.15) is 13.2 Å². The zero-order chi connectivity index (χ0) is 23.0. The number of fused-ring (bicyclic) bond motifs is 1. The molecule has 1 atom stereocenters. The molecule has 31 heavy (non-hydrogen) atoms. The van der Waals surface area contributed by atoms with Crippen molar-refractivity contribution in [3.63, 3.8) is 0 Å². The van der Waals surface area contributed by atoms with Crippen molar-refractivity contribution in [1.82, 2.24) is 25.0 Å². The Labute approximate surface area is 175 Å². The highest BCUT2D eigenvalue weighted by Gasteiger charge is 2.40. The lowest BCUT2D eigenvalue weighted by atomic mass is 10.0. The van der Waals surface area contributed by atoms with E-state index in [4.69, 9.17) is 5.73 Å². The van der Waals surface area contributed by atoms with Crippen LogP contribution in [0.2, 0.25) is 0 Å². The van der Waals surface area contributed by atoms with E-state index in [1.165, 1.54) is 4.90 Å². The van der Waals surface area contributed by atoms with Crippen LogP contribution in [0.1, 0.15) is 42.5 Å². The monoisotopic (exact) mass is 452 g/mol. The van der Waals surface area contributed by atoms with Gasteiger partial charge in [0.1, 0.15) is 5.82 Å². The minimum Gasteiger partial charge on any atom is -0.336 e. The van der Waals surface area contributed by atoms with E-state index < -0.39 is 42.7 Å². The summed E-state index contributed by atoms with van der Waals surface area (Å²) in [5, 5.41) is 11.4. The van der Waals surface area contributed by atoms with Crippen LogP contribution in [0.4, 0.5) is 22.0 Å². The van der Waals surface area contributed by atoms with Crippen LogP contribution in [0.25, 0.3) is 0 Å². The van der Waals surface area contributed by atoms with Crippen molar-refractivity contribution in [3.05, 3.63) is 22.8 Å². The highest BCUT2D eigenvalue weighted by atomic mass is 19.4. The second-order valence-corrected chi connectivity index (χ2v) is 7.84. The van der Waals surface area contributed by atoms with Gasteiger partial charge in [-0.1, -0.05) is 6.92 Å². The molecule has 2 aliphatic rings. The van der Waals surface area contributed by atoms with Crippen LogP contribution in [0, 0.1) is 0 Å². The fraction of sp³-hybridized carbons (Fsp3) is 0.722. The minimum atomic E-state index is -4.61. The molecule has 0 aliphatic carbocycles. The van der Waals surface area contributed by atoms with Crippen LogP contribution in [-0.2, 0) is 30.4 Å². The van der Waals surface area contributed by atoms with Gasteiger partial charge in [-0.3, -0.25) is 10.0 Å². The van der Waals surface area contributed by atoms with Crippen molar-refractivity contribution in [3.8, 4) is 0 Å². The predicted molar refractivity (Wildman–Crippen MR) is 97.8 cm³/mol. The van der Waals surface area contributed by atoms with Crippen molar-refractivity contribution >= 4 is 5.91 Å². The zero-order valence-corrected chi connectivity index (χ0v) is 17.0. The molecule has 0 spiro atoms. The number of hydroxylamine groups is 1. The van der Waals surface area contributed by atoms with E-state index in [9.17, 15) is 32.0 Å². The summed E-state index contributed by atoms with van der Waals surface area (Å²) in [7, 11) is 0. The summed E-state index contributed by atoms with van der Waals surface area (Å²) in [5.74, 6) is -3.34. The largest absolute Gasteiger partial charge is 0.433 e. The maximum absolute atomic E-state index is 13.6. The van der Waals surface area contributed by atoms with Crippen molar-refractivity contribution in [2.24, 2.45) is 5.73 Å². The predicted octanol–water partition coefficient (Wildman–Crippen LogP) is 1.61. The van der Waals surface area contributed by atoms with Crippen molar-refractivity contribution in [2.75, 3.05) is 26.2 Å². The van der Waals surface area contributed by atoms with Gasteiger partial charge in [0, 0.05) is 50.5 Å². The molecule has 2 aliphatic heterocycles. The van der Waals surface area contributed by atoms with Crippen LogP contribution in [0.5, 0.6) is 0 Å². The molecular formula is C18H25F5N6O2. The fourth-order valence-corrected chi connectivity index (χ4v) is 3.77. The van der Waals surface area contributed by atoms with E-state index >= 15 is 0 Å². The number of hydrogen-bond donors (Lipinski definition) is 2. The summed E-state index contributed by atoms with van der Waals surface area (Å²) in [5.41, 5.74) is 5.12. The van der Waals surface area contributed by atoms with E-state index in [0.717, 1.165) is 5.01 Å². The molecule has 174 valence electrons. The molecule has 1 amide bonds. The molecule has 1 fully saturated rings. The summed E-state index contributed by atoms with van der Waals surface area (Å²) < 4.78 is 67.2. The average Bonchev–Trinajstić information content (AvgIpc) is 2.68. The van der Waals surface area contributed by atoms with Gasteiger partial charge in [0.15, 0.2) is 5.69 Å².